The molecule has 0 saturated carbocycles. The van der Waals surface area contributed by atoms with Gasteiger partial charge in [0.05, 0.1) is 11.8 Å². The molecule has 0 aliphatic carbocycles. The third-order valence-corrected chi connectivity index (χ3v) is 3.27. The van der Waals surface area contributed by atoms with Gasteiger partial charge < -0.3 is 0 Å². The molecule has 0 saturated heterocycles. The molecular formula is C14H15F3N4S. The number of benzene rings is 1. The van der Waals surface area contributed by atoms with Crippen LogP contribution in [0.15, 0.2) is 29.4 Å². The van der Waals surface area contributed by atoms with Crippen LogP contribution in [0.5, 0.6) is 0 Å². The topological polar surface area (TPSA) is 46.0 Å². The summed E-state index contributed by atoms with van der Waals surface area (Å²) in [5.74, 6) is 0.662. The molecule has 0 radical (unpaired) electrons. The molecule has 8 heteroatoms. The number of alkyl halides is 3. The molecule has 0 spiro atoms. The van der Waals surface area contributed by atoms with E-state index in [1.807, 2.05) is 0 Å². The molecule has 2 rings (SSSR count). The number of hydrogen-bond donors (Lipinski definition) is 1. The molecule has 0 aliphatic rings. The summed E-state index contributed by atoms with van der Waals surface area (Å²) in [4.78, 5) is 0. The summed E-state index contributed by atoms with van der Waals surface area (Å²) in [6, 6.07) is 4.96. The van der Waals surface area contributed by atoms with Crippen molar-refractivity contribution in [3.63, 3.8) is 0 Å². The predicted octanol–water partition coefficient (Wildman–Crippen LogP) is 4.18. The van der Waals surface area contributed by atoms with Crippen molar-refractivity contribution in [2.24, 2.45) is 5.10 Å². The molecule has 118 valence electrons. The van der Waals surface area contributed by atoms with E-state index in [9.17, 15) is 13.2 Å². The van der Waals surface area contributed by atoms with Crippen LogP contribution in [0.1, 0.15) is 36.7 Å². The number of rotatable bonds is 5. The summed E-state index contributed by atoms with van der Waals surface area (Å²) in [6.07, 6.45) is -0.405. The van der Waals surface area contributed by atoms with E-state index < -0.39 is 11.7 Å². The SMILES string of the molecule is CCCCc1n[nH]c(=S)n1/N=C\c1cccc(C(F)(F)F)c1. The van der Waals surface area contributed by atoms with Crippen molar-refractivity contribution < 1.29 is 13.2 Å². The highest BCUT2D eigenvalue weighted by Gasteiger charge is 2.30. The standard InChI is InChI=1S/C14H15F3N4S/c1-2-3-7-12-19-20-13(22)21(12)18-9-10-5-4-6-11(8-10)14(15,16)17/h4-6,8-9H,2-3,7H2,1H3,(H,20,22)/b18-9-. The maximum atomic E-state index is 12.7. The Bertz CT molecular complexity index is 715. The van der Waals surface area contributed by atoms with E-state index in [1.165, 1.54) is 17.0 Å². The van der Waals surface area contributed by atoms with Gasteiger partial charge >= 0.3 is 6.18 Å². The van der Waals surface area contributed by atoms with Crippen LogP contribution in [0.3, 0.4) is 0 Å². The Balaban J connectivity index is 2.26. The first-order valence-corrected chi connectivity index (χ1v) is 7.20. The van der Waals surface area contributed by atoms with Gasteiger partial charge in [0.25, 0.3) is 0 Å². The van der Waals surface area contributed by atoms with Gasteiger partial charge in [0, 0.05) is 6.42 Å². The van der Waals surface area contributed by atoms with Crippen molar-refractivity contribution >= 4 is 18.4 Å². The molecular weight excluding hydrogens is 313 g/mol. The number of aromatic nitrogens is 3. The van der Waals surface area contributed by atoms with Crippen molar-refractivity contribution in [1.82, 2.24) is 14.9 Å². The largest absolute Gasteiger partial charge is 0.416 e. The Morgan fingerprint density at radius 1 is 1.41 bits per heavy atom. The molecule has 1 aromatic heterocycles. The lowest BCUT2D eigenvalue weighted by molar-refractivity contribution is -0.137. The van der Waals surface area contributed by atoms with Crippen LogP contribution >= 0.6 is 12.2 Å². The number of aromatic amines is 1. The lowest BCUT2D eigenvalue weighted by Gasteiger charge is -2.06. The fourth-order valence-electron chi connectivity index (χ4n) is 1.86. The number of hydrogen-bond acceptors (Lipinski definition) is 3. The summed E-state index contributed by atoms with van der Waals surface area (Å²) in [6.45, 7) is 2.05. The lowest BCUT2D eigenvalue weighted by atomic mass is 10.1. The van der Waals surface area contributed by atoms with Gasteiger partial charge in [-0.05, 0) is 36.3 Å². The van der Waals surface area contributed by atoms with Crippen LogP contribution < -0.4 is 0 Å². The van der Waals surface area contributed by atoms with Gasteiger partial charge in [0.2, 0.25) is 4.77 Å². The minimum absolute atomic E-state index is 0.314. The highest BCUT2D eigenvalue weighted by molar-refractivity contribution is 7.71. The van der Waals surface area contributed by atoms with E-state index in [-0.39, 0.29) is 0 Å². The smallest absolute Gasteiger partial charge is 0.250 e. The first kappa shape index (κ1) is 16.4. The molecule has 0 atom stereocenters. The van der Waals surface area contributed by atoms with Crippen LogP contribution in [0.4, 0.5) is 13.2 Å². The summed E-state index contributed by atoms with van der Waals surface area (Å²) < 4.78 is 39.8. The van der Waals surface area contributed by atoms with E-state index in [4.69, 9.17) is 12.2 Å². The van der Waals surface area contributed by atoms with Crippen LogP contribution in [-0.2, 0) is 12.6 Å². The van der Waals surface area contributed by atoms with Crippen LogP contribution in [0, 0.1) is 4.77 Å². The summed E-state index contributed by atoms with van der Waals surface area (Å²) in [5, 5.41) is 10.9. The average molecular weight is 328 g/mol. The van der Waals surface area contributed by atoms with Gasteiger partial charge in [0.15, 0.2) is 5.82 Å². The first-order chi connectivity index (χ1) is 10.4. The molecule has 1 N–H and O–H groups in total. The van der Waals surface area contributed by atoms with E-state index in [0.717, 1.165) is 25.0 Å². The first-order valence-electron chi connectivity index (χ1n) is 6.79. The predicted molar refractivity (Wildman–Crippen MR) is 80.5 cm³/mol. The third-order valence-electron chi connectivity index (χ3n) is 3.01. The highest BCUT2D eigenvalue weighted by Crippen LogP contribution is 2.29. The van der Waals surface area contributed by atoms with Gasteiger partial charge in [-0.1, -0.05) is 25.5 Å². The molecule has 0 amide bonds. The van der Waals surface area contributed by atoms with Gasteiger partial charge in [-0.15, -0.1) is 0 Å². The fourth-order valence-corrected chi connectivity index (χ4v) is 2.06. The molecule has 2 aromatic rings. The zero-order valence-corrected chi connectivity index (χ0v) is 12.7. The number of unbranched alkanes of at least 4 members (excludes halogenated alkanes) is 1. The second kappa shape index (κ2) is 6.87. The zero-order valence-electron chi connectivity index (χ0n) is 11.9. The molecule has 0 bridgehead atoms. The van der Waals surface area contributed by atoms with E-state index in [0.29, 0.717) is 22.6 Å². The summed E-state index contributed by atoms with van der Waals surface area (Å²) in [7, 11) is 0. The minimum atomic E-state index is -4.37. The van der Waals surface area contributed by atoms with Crippen molar-refractivity contribution in [2.45, 2.75) is 32.4 Å². The Morgan fingerprint density at radius 3 is 2.86 bits per heavy atom. The molecule has 1 heterocycles. The second-order valence-electron chi connectivity index (χ2n) is 4.73. The van der Waals surface area contributed by atoms with E-state index in [2.05, 4.69) is 22.2 Å². The maximum Gasteiger partial charge on any atom is 0.416 e. The molecule has 4 nitrogen and oxygen atoms in total. The van der Waals surface area contributed by atoms with Crippen LogP contribution in [-0.4, -0.2) is 21.1 Å². The van der Waals surface area contributed by atoms with Crippen LogP contribution in [0.2, 0.25) is 0 Å². The number of H-pyrrole nitrogens is 1. The number of nitrogens with zero attached hydrogens (tertiary/aromatic N) is 3. The fraction of sp³-hybridized carbons (Fsp3) is 0.357. The monoisotopic (exact) mass is 328 g/mol. The Hall–Kier alpha value is -1.96. The Kier molecular flexibility index (Phi) is 5.12. The average Bonchev–Trinajstić information content (AvgIpc) is 2.83. The molecule has 0 unspecified atom stereocenters. The Morgan fingerprint density at radius 2 is 2.18 bits per heavy atom. The molecule has 1 aromatic carbocycles. The highest BCUT2D eigenvalue weighted by atomic mass is 32.1. The van der Waals surface area contributed by atoms with Crippen molar-refractivity contribution in [3.8, 4) is 0 Å². The van der Waals surface area contributed by atoms with Crippen molar-refractivity contribution in [3.05, 3.63) is 46.0 Å². The number of halogens is 3. The summed E-state index contributed by atoms with van der Waals surface area (Å²) >= 11 is 5.07. The van der Waals surface area contributed by atoms with Crippen LogP contribution in [0.25, 0.3) is 0 Å². The van der Waals surface area contributed by atoms with E-state index >= 15 is 0 Å². The summed E-state index contributed by atoms with van der Waals surface area (Å²) in [5.41, 5.74) is -0.363. The Labute approximate surface area is 130 Å². The quantitative estimate of drug-likeness (QED) is 0.661. The molecule has 0 fully saturated rings. The second-order valence-corrected chi connectivity index (χ2v) is 5.11. The number of aryl methyl sites for hydroxylation is 1. The zero-order chi connectivity index (χ0) is 16.2. The van der Waals surface area contributed by atoms with Gasteiger partial charge in [-0.3, -0.25) is 5.10 Å². The van der Waals surface area contributed by atoms with Gasteiger partial charge in [-0.2, -0.15) is 28.0 Å². The minimum Gasteiger partial charge on any atom is -0.250 e. The van der Waals surface area contributed by atoms with Crippen molar-refractivity contribution in [2.75, 3.05) is 0 Å². The molecule has 0 aliphatic heterocycles. The molecule has 22 heavy (non-hydrogen) atoms. The van der Waals surface area contributed by atoms with Gasteiger partial charge in [0.1, 0.15) is 0 Å². The third kappa shape index (κ3) is 4.03. The maximum absolute atomic E-state index is 12.7. The van der Waals surface area contributed by atoms with Crippen molar-refractivity contribution in [1.29, 1.82) is 0 Å². The lowest BCUT2D eigenvalue weighted by Crippen LogP contribution is -2.05. The van der Waals surface area contributed by atoms with Gasteiger partial charge in [-0.25, -0.2) is 0 Å². The van der Waals surface area contributed by atoms with E-state index in [1.54, 1.807) is 6.07 Å². The number of nitrogens with one attached hydrogen (secondary N) is 1. The normalized spacial score (nSPS) is 12.2.